The van der Waals surface area contributed by atoms with Gasteiger partial charge in [-0.1, -0.05) is 6.07 Å². The second kappa shape index (κ2) is 8.29. The summed E-state index contributed by atoms with van der Waals surface area (Å²) in [5.74, 6) is 0.792. The minimum atomic E-state index is -1.14. The molecule has 6 heteroatoms. The van der Waals surface area contributed by atoms with Crippen LogP contribution in [0.4, 0.5) is 16.3 Å². The molecule has 2 N–H and O–H groups in total. The predicted octanol–water partition coefficient (Wildman–Crippen LogP) is 4.06. The molecule has 0 unspecified atom stereocenters. The van der Waals surface area contributed by atoms with E-state index in [2.05, 4.69) is 15.2 Å². The largest absolute Gasteiger partial charge is 0.465 e. The van der Waals surface area contributed by atoms with Crippen LogP contribution in [-0.4, -0.2) is 35.1 Å². The standard InChI is InChI=1S/C20H21N3O3/c24-18(15-7-9-17(10-8-15)22-20(25)26)12-11-16-5-4-6-19(21-16)23-13-2-1-3-14-23/h4-12,22H,1-3,13-14H2,(H,25,26). The Morgan fingerprint density at radius 1 is 1.04 bits per heavy atom. The molecule has 2 aromatic rings. The first kappa shape index (κ1) is 17.7. The Balaban J connectivity index is 1.67. The Bertz CT molecular complexity index is 809. The smallest absolute Gasteiger partial charge is 0.409 e. The van der Waals surface area contributed by atoms with Crippen LogP contribution in [0.2, 0.25) is 0 Å². The van der Waals surface area contributed by atoms with Crippen LogP contribution in [0, 0.1) is 0 Å². The number of amides is 1. The maximum absolute atomic E-state index is 12.3. The number of carbonyl (C=O) groups is 2. The maximum atomic E-state index is 12.3. The van der Waals surface area contributed by atoms with Gasteiger partial charge in [0.25, 0.3) is 0 Å². The number of nitrogens with zero attached hydrogens (tertiary/aromatic N) is 2. The molecule has 0 atom stereocenters. The van der Waals surface area contributed by atoms with Crippen LogP contribution in [0.15, 0.2) is 48.5 Å². The van der Waals surface area contributed by atoms with E-state index in [0.29, 0.717) is 11.3 Å². The molecule has 2 heterocycles. The Morgan fingerprint density at radius 3 is 2.46 bits per heavy atom. The average molecular weight is 351 g/mol. The average Bonchev–Trinajstić information content (AvgIpc) is 2.67. The van der Waals surface area contributed by atoms with Crippen LogP contribution in [0.5, 0.6) is 0 Å². The van der Waals surface area contributed by atoms with Crippen molar-refractivity contribution in [3.8, 4) is 0 Å². The van der Waals surface area contributed by atoms with Crippen molar-refractivity contribution in [2.24, 2.45) is 0 Å². The first-order valence-corrected chi connectivity index (χ1v) is 8.66. The van der Waals surface area contributed by atoms with E-state index in [9.17, 15) is 9.59 Å². The first-order valence-electron chi connectivity index (χ1n) is 8.66. The lowest BCUT2D eigenvalue weighted by Crippen LogP contribution is -2.30. The number of carbonyl (C=O) groups excluding carboxylic acids is 1. The van der Waals surface area contributed by atoms with E-state index < -0.39 is 6.09 Å². The van der Waals surface area contributed by atoms with Gasteiger partial charge < -0.3 is 10.0 Å². The summed E-state index contributed by atoms with van der Waals surface area (Å²) in [6.07, 6.45) is 5.70. The lowest BCUT2D eigenvalue weighted by atomic mass is 10.1. The number of hydrogen-bond acceptors (Lipinski definition) is 4. The van der Waals surface area contributed by atoms with Gasteiger partial charge in [-0.25, -0.2) is 9.78 Å². The monoisotopic (exact) mass is 351 g/mol. The van der Waals surface area contributed by atoms with Crippen LogP contribution in [0.25, 0.3) is 6.08 Å². The summed E-state index contributed by atoms with van der Waals surface area (Å²) in [5, 5.41) is 10.9. The minimum absolute atomic E-state index is 0.156. The zero-order chi connectivity index (χ0) is 18.4. The molecule has 1 fully saturated rings. The zero-order valence-electron chi connectivity index (χ0n) is 14.4. The van der Waals surface area contributed by atoms with E-state index in [0.717, 1.165) is 24.6 Å². The molecule has 1 saturated heterocycles. The first-order chi connectivity index (χ1) is 12.6. The van der Waals surface area contributed by atoms with Crippen molar-refractivity contribution in [1.82, 2.24) is 4.98 Å². The van der Waals surface area contributed by atoms with Crippen LogP contribution < -0.4 is 10.2 Å². The summed E-state index contributed by atoms with van der Waals surface area (Å²) >= 11 is 0. The second-order valence-corrected chi connectivity index (χ2v) is 6.17. The van der Waals surface area contributed by atoms with E-state index in [4.69, 9.17) is 5.11 Å². The van der Waals surface area contributed by atoms with Gasteiger partial charge in [0.1, 0.15) is 5.82 Å². The number of ketones is 1. The number of aromatic nitrogens is 1. The fourth-order valence-corrected chi connectivity index (χ4v) is 2.93. The summed E-state index contributed by atoms with van der Waals surface area (Å²) in [6.45, 7) is 2.05. The quantitative estimate of drug-likeness (QED) is 0.627. The zero-order valence-corrected chi connectivity index (χ0v) is 14.4. The molecule has 0 spiro atoms. The summed E-state index contributed by atoms with van der Waals surface area (Å²) in [5.41, 5.74) is 1.66. The van der Waals surface area contributed by atoms with Crippen molar-refractivity contribution in [1.29, 1.82) is 0 Å². The number of pyridine rings is 1. The number of allylic oxidation sites excluding steroid dienone is 1. The van der Waals surface area contributed by atoms with Gasteiger partial charge in [-0.05, 0) is 67.8 Å². The molecule has 0 radical (unpaired) electrons. The molecule has 1 aromatic heterocycles. The molecule has 1 aliphatic rings. The summed E-state index contributed by atoms with van der Waals surface area (Å²) < 4.78 is 0. The van der Waals surface area contributed by atoms with Crippen LogP contribution in [-0.2, 0) is 0 Å². The number of piperidine rings is 1. The molecule has 1 aromatic carbocycles. The van der Waals surface area contributed by atoms with E-state index in [1.54, 1.807) is 30.3 Å². The highest BCUT2D eigenvalue weighted by Crippen LogP contribution is 2.18. The van der Waals surface area contributed by atoms with Crippen molar-refractivity contribution < 1.29 is 14.7 Å². The number of anilines is 2. The topological polar surface area (TPSA) is 82.5 Å². The molecule has 0 aliphatic carbocycles. The SMILES string of the molecule is O=C(O)Nc1ccc(C(=O)C=Cc2cccc(N3CCCCC3)n2)cc1. The van der Waals surface area contributed by atoms with Crippen LogP contribution in [0.1, 0.15) is 35.3 Å². The highest BCUT2D eigenvalue weighted by atomic mass is 16.4. The molecule has 134 valence electrons. The summed E-state index contributed by atoms with van der Waals surface area (Å²) in [4.78, 5) is 29.8. The number of rotatable bonds is 5. The molecule has 1 amide bonds. The molecule has 0 bridgehead atoms. The van der Waals surface area contributed by atoms with Gasteiger partial charge in [0.2, 0.25) is 0 Å². The van der Waals surface area contributed by atoms with Gasteiger partial charge in [0, 0.05) is 24.3 Å². The van der Waals surface area contributed by atoms with Crippen molar-refractivity contribution in [3.05, 3.63) is 59.8 Å². The van der Waals surface area contributed by atoms with Crippen molar-refractivity contribution in [2.45, 2.75) is 19.3 Å². The van der Waals surface area contributed by atoms with E-state index in [1.807, 2.05) is 18.2 Å². The fraction of sp³-hybridized carbons (Fsp3) is 0.250. The molecular weight excluding hydrogens is 330 g/mol. The molecule has 26 heavy (non-hydrogen) atoms. The number of carboxylic acid groups (broad SMARTS) is 1. The van der Waals surface area contributed by atoms with Gasteiger partial charge in [-0.15, -0.1) is 0 Å². The van der Waals surface area contributed by atoms with Gasteiger partial charge in [-0.2, -0.15) is 0 Å². The van der Waals surface area contributed by atoms with Gasteiger partial charge >= 0.3 is 6.09 Å². The number of nitrogens with one attached hydrogen (secondary N) is 1. The third-order valence-corrected chi connectivity index (χ3v) is 4.26. The van der Waals surface area contributed by atoms with E-state index >= 15 is 0 Å². The summed E-state index contributed by atoms with van der Waals surface area (Å²) in [6, 6.07) is 12.1. The van der Waals surface area contributed by atoms with Crippen LogP contribution in [0.3, 0.4) is 0 Å². The normalized spacial score (nSPS) is 14.4. The van der Waals surface area contributed by atoms with E-state index in [1.165, 1.54) is 25.3 Å². The molecule has 3 rings (SSSR count). The highest BCUT2D eigenvalue weighted by molar-refractivity contribution is 6.07. The van der Waals surface area contributed by atoms with Crippen molar-refractivity contribution in [2.75, 3.05) is 23.3 Å². The van der Waals surface area contributed by atoms with Gasteiger partial charge in [-0.3, -0.25) is 10.1 Å². The highest BCUT2D eigenvalue weighted by Gasteiger charge is 2.11. The van der Waals surface area contributed by atoms with Gasteiger partial charge in [0.15, 0.2) is 5.78 Å². The van der Waals surface area contributed by atoms with E-state index in [-0.39, 0.29) is 5.78 Å². The molecule has 1 aliphatic heterocycles. The second-order valence-electron chi connectivity index (χ2n) is 6.17. The number of hydrogen-bond donors (Lipinski definition) is 2. The molecule has 0 saturated carbocycles. The Hall–Kier alpha value is -3.15. The minimum Gasteiger partial charge on any atom is -0.465 e. The number of benzene rings is 1. The Kier molecular flexibility index (Phi) is 5.63. The lowest BCUT2D eigenvalue weighted by molar-refractivity contribution is 0.104. The third-order valence-electron chi connectivity index (χ3n) is 4.26. The predicted molar refractivity (Wildman–Crippen MR) is 102 cm³/mol. The molecular formula is C20H21N3O3. The van der Waals surface area contributed by atoms with Crippen molar-refractivity contribution in [3.63, 3.8) is 0 Å². The van der Waals surface area contributed by atoms with Crippen LogP contribution >= 0.6 is 0 Å². The fourth-order valence-electron chi connectivity index (χ4n) is 2.93. The summed E-state index contributed by atoms with van der Waals surface area (Å²) in [7, 11) is 0. The lowest BCUT2D eigenvalue weighted by Gasteiger charge is -2.27. The molecule has 6 nitrogen and oxygen atoms in total. The Labute approximate surface area is 152 Å². The third kappa shape index (κ3) is 4.69. The van der Waals surface area contributed by atoms with Gasteiger partial charge in [0.05, 0.1) is 5.69 Å². The maximum Gasteiger partial charge on any atom is 0.409 e. The van der Waals surface area contributed by atoms with Crippen molar-refractivity contribution >= 4 is 29.5 Å². The Morgan fingerprint density at radius 2 is 1.77 bits per heavy atom.